The second-order valence-electron chi connectivity index (χ2n) is 3.83. The van der Waals surface area contributed by atoms with Crippen LogP contribution < -0.4 is 15.8 Å². The summed E-state index contributed by atoms with van der Waals surface area (Å²) in [5, 5.41) is 5.39. The predicted molar refractivity (Wildman–Crippen MR) is 73.8 cm³/mol. The minimum Gasteiger partial charge on any atom is -0.497 e. The van der Waals surface area contributed by atoms with E-state index < -0.39 is 0 Å². The van der Waals surface area contributed by atoms with E-state index in [0.29, 0.717) is 0 Å². The number of nitrogen functional groups attached to an aromatic ring is 1. The van der Waals surface area contributed by atoms with Gasteiger partial charge in [0.1, 0.15) is 5.75 Å². The lowest BCUT2D eigenvalue weighted by atomic mass is 10.2. The number of thiophene rings is 1. The zero-order valence-corrected chi connectivity index (χ0v) is 10.8. The molecule has 90 valence electrons. The number of methoxy groups -OCH3 is 1. The number of nitrogens with two attached hydrogens (primary N) is 1. The maximum Gasteiger partial charge on any atom is 0.119 e. The van der Waals surface area contributed by atoms with Gasteiger partial charge in [-0.1, -0.05) is 0 Å². The molecule has 0 saturated heterocycles. The smallest absolute Gasteiger partial charge is 0.119 e. The molecule has 0 aliphatic carbocycles. The normalized spacial score (nSPS) is 10.2. The summed E-state index contributed by atoms with van der Waals surface area (Å²) in [6.45, 7) is 2.82. The summed E-state index contributed by atoms with van der Waals surface area (Å²) in [7, 11) is 1.67. The molecule has 1 aromatic carbocycles. The summed E-state index contributed by atoms with van der Waals surface area (Å²) in [5.41, 5.74) is 8.97. The van der Waals surface area contributed by atoms with Crippen molar-refractivity contribution < 1.29 is 4.74 Å². The van der Waals surface area contributed by atoms with Gasteiger partial charge in [0.15, 0.2) is 0 Å². The first-order valence-electron chi connectivity index (χ1n) is 5.41. The highest BCUT2D eigenvalue weighted by molar-refractivity contribution is 7.10. The Labute approximate surface area is 105 Å². The molecule has 3 nitrogen and oxygen atoms in total. The largest absolute Gasteiger partial charge is 0.497 e. The molecule has 0 unspecified atom stereocenters. The van der Waals surface area contributed by atoms with Crippen LogP contribution in [0.5, 0.6) is 5.75 Å². The predicted octanol–water partition coefficient (Wildman–Crippen LogP) is 3.26. The fourth-order valence-electron chi connectivity index (χ4n) is 1.63. The quantitative estimate of drug-likeness (QED) is 0.873. The molecule has 0 aliphatic rings. The van der Waals surface area contributed by atoms with E-state index in [-0.39, 0.29) is 0 Å². The molecular formula is C13H16N2OS. The maximum atomic E-state index is 5.84. The Morgan fingerprint density at radius 2 is 2.18 bits per heavy atom. The molecule has 2 rings (SSSR count). The standard InChI is InChI=1S/C13H16N2OS/c1-9-7-10(16-2)3-4-12(9)15-8-13-11(14)5-6-17-13/h3-7,15H,8,14H2,1-2H3. The molecule has 17 heavy (non-hydrogen) atoms. The monoisotopic (exact) mass is 248 g/mol. The number of aryl methyl sites for hydroxylation is 1. The molecule has 0 amide bonds. The van der Waals surface area contributed by atoms with Gasteiger partial charge in [-0.05, 0) is 42.1 Å². The van der Waals surface area contributed by atoms with Crippen molar-refractivity contribution in [2.75, 3.05) is 18.2 Å². The van der Waals surface area contributed by atoms with Gasteiger partial charge < -0.3 is 15.8 Å². The van der Waals surface area contributed by atoms with Crippen molar-refractivity contribution in [3.63, 3.8) is 0 Å². The number of hydrogen-bond donors (Lipinski definition) is 2. The average molecular weight is 248 g/mol. The van der Waals surface area contributed by atoms with Gasteiger partial charge in [0.2, 0.25) is 0 Å². The van der Waals surface area contributed by atoms with Crippen LogP contribution >= 0.6 is 11.3 Å². The van der Waals surface area contributed by atoms with E-state index >= 15 is 0 Å². The third-order valence-corrected chi connectivity index (χ3v) is 3.59. The van der Waals surface area contributed by atoms with Crippen molar-refractivity contribution in [3.8, 4) is 5.75 Å². The second-order valence-corrected chi connectivity index (χ2v) is 4.83. The van der Waals surface area contributed by atoms with Crippen molar-refractivity contribution in [2.24, 2.45) is 0 Å². The SMILES string of the molecule is COc1ccc(NCc2sccc2N)c(C)c1. The van der Waals surface area contributed by atoms with E-state index in [1.54, 1.807) is 18.4 Å². The third-order valence-electron chi connectivity index (χ3n) is 2.65. The molecule has 0 fully saturated rings. The lowest BCUT2D eigenvalue weighted by molar-refractivity contribution is 0.414. The van der Waals surface area contributed by atoms with Crippen LogP contribution in [0.3, 0.4) is 0 Å². The summed E-state index contributed by atoms with van der Waals surface area (Å²) in [4.78, 5) is 1.17. The van der Waals surface area contributed by atoms with Gasteiger partial charge in [0.25, 0.3) is 0 Å². The first-order chi connectivity index (χ1) is 8.20. The number of ether oxygens (including phenoxy) is 1. The Bertz CT molecular complexity index is 508. The van der Waals surface area contributed by atoms with Crippen LogP contribution in [0.25, 0.3) is 0 Å². The van der Waals surface area contributed by atoms with Gasteiger partial charge in [-0.15, -0.1) is 11.3 Å². The van der Waals surface area contributed by atoms with Crippen molar-refractivity contribution in [1.82, 2.24) is 0 Å². The Balaban J connectivity index is 2.07. The molecule has 1 aromatic heterocycles. The highest BCUT2D eigenvalue weighted by atomic mass is 32.1. The fourth-order valence-corrected chi connectivity index (χ4v) is 2.37. The Kier molecular flexibility index (Phi) is 3.54. The first kappa shape index (κ1) is 11.8. The Hall–Kier alpha value is -1.68. The number of rotatable bonds is 4. The molecule has 4 heteroatoms. The van der Waals surface area contributed by atoms with Crippen molar-refractivity contribution in [2.45, 2.75) is 13.5 Å². The molecule has 1 heterocycles. The number of hydrogen-bond acceptors (Lipinski definition) is 4. The Morgan fingerprint density at radius 1 is 1.35 bits per heavy atom. The summed E-state index contributed by atoms with van der Waals surface area (Å²) < 4.78 is 5.17. The fraction of sp³-hybridized carbons (Fsp3) is 0.231. The van der Waals surface area contributed by atoms with Crippen molar-refractivity contribution in [1.29, 1.82) is 0 Å². The molecule has 0 aliphatic heterocycles. The van der Waals surface area contributed by atoms with Crippen LogP contribution in [0, 0.1) is 6.92 Å². The molecule has 2 aromatic rings. The van der Waals surface area contributed by atoms with Crippen molar-refractivity contribution in [3.05, 3.63) is 40.1 Å². The summed E-state index contributed by atoms with van der Waals surface area (Å²) in [6.07, 6.45) is 0. The summed E-state index contributed by atoms with van der Waals surface area (Å²) >= 11 is 1.67. The zero-order chi connectivity index (χ0) is 12.3. The van der Waals surface area contributed by atoms with E-state index in [1.807, 2.05) is 29.6 Å². The zero-order valence-electron chi connectivity index (χ0n) is 9.99. The average Bonchev–Trinajstić information content (AvgIpc) is 2.73. The van der Waals surface area contributed by atoms with Gasteiger partial charge in [0, 0.05) is 16.3 Å². The summed E-state index contributed by atoms with van der Waals surface area (Å²) in [6, 6.07) is 7.92. The van der Waals surface area contributed by atoms with Gasteiger partial charge >= 0.3 is 0 Å². The number of nitrogens with one attached hydrogen (secondary N) is 1. The van der Waals surface area contributed by atoms with E-state index in [9.17, 15) is 0 Å². The second kappa shape index (κ2) is 5.10. The van der Waals surface area contributed by atoms with E-state index in [2.05, 4.69) is 12.2 Å². The topological polar surface area (TPSA) is 47.3 Å². The maximum absolute atomic E-state index is 5.84. The molecule has 0 atom stereocenters. The molecular weight excluding hydrogens is 232 g/mol. The van der Waals surface area contributed by atoms with Gasteiger partial charge in [0.05, 0.1) is 13.7 Å². The molecule has 0 spiro atoms. The van der Waals surface area contributed by atoms with Crippen LogP contribution in [-0.4, -0.2) is 7.11 Å². The number of anilines is 2. The molecule has 0 radical (unpaired) electrons. The third kappa shape index (κ3) is 2.71. The van der Waals surface area contributed by atoms with E-state index in [1.165, 1.54) is 10.4 Å². The lowest BCUT2D eigenvalue weighted by Crippen LogP contribution is -2.01. The van der Waals surface area contributed by atoms with Crippen LogP contribution in [-0.2, 0) is 6.54 Å². The van der Waals surface area contributed by atoms with Crippen LogP contribution in [0.1, 0.15) is 10.4 Å². The molecule has 0 saturated carbocycles. The van der Waals surface area contributed by atoms with Crippen LogP contribution in [0.15, 0.2) is 29.6 Å². The summed E-state index contributed by atoms with van der Waals surface area (Å²) in [5.74, 6) is 0.878. The molecule has 0 bridgehead atoms. The number of benzene rings is 1. The minimum atomic E-state index is 0.761. The Morgan fingerprint density at radius 3 is 2.76 bits per heavy atom. The highest BCUT2D eigenvalue weighted by Crippen LogP contribution is 2.24. The highest BCUT2D eigenvalue weighted by Gasteiger charge is 2.03. The van der Waals surface area contributed by atoms with Crippen LogP contribution in [0.4, 0.5) is 11.4 Å². The van der Waals surface area contributed by atoms with E-state index in [0.717, 1.165) is 23.7 Å². The van der Waals surface area contributed by atoms with E-state index in [4.69, 9.17) is 10.5 Å². The lowest BCUT2D eigenvalue weighted by Gasteiger charge is -2.10. The first-order valence-corrected chi connectivity index (χ1v) is 6.29. The van der Waals surface area contributed by atoms with Gasteiger partial charge in [-0.25, -0.2) is 0 Å². The van der Waals surface area contributed by atoms with Crippen LogP contribution in [0.2, 0.25) is 0 Å². The minimum absolute atomic E-state index is 0.761. The van der Waals surface area contributed by atoms with Gasteiger partial charge in [-0.3, -0.25) is 0 Å². The van der Waals surface area contributed by atoms with Crippen molar-refractivity contribution >= 4 is 22.7 Å². The molecule has 3 N–H and O–H groups in total. The van der Waals surface area contributed by atoms with Gasteiger partial charge in [-0.2, -0.15) is 0 Å².